The lowest BCUT2D eigenvalue weighted by Crippen LogP contribution is -2.16. The number of rotatable bonds is 14. The smallest absolute Gasteiger partial charge is 0.307 e. The molecule has 4 heteroatoms. The lowest BCUT2D eigenvalue weighted by Gasteiger charge is -2.21. The molecule has 1 aromatic rings. The van der Waals surface area contributed by atoms with E-state index in [2.05, 4.69) is 27.7 Å². The molecule has 0 aliphatic carbocycles. The zero-order valence-electron chi connectivity index (χ0n) is 16.9. The second-order valence-electron chi connectivity index (χ2n) is 7.20. The van der Waals surface area contributed by atoms with Gasteiger partial charge in [-0.1, -0.05) is 45.6 Å². The average Bonchev–Trinajstić information content (AvgIpc) is 2.57. The first kappa shape index (κ1) is 22.3. The Hall–Kier alpha value is -1.71. The summed E-state index contributed by atoms with van der Waals surface area (Å²) in [5.41, 5.74) is 0.735. The standard InChI is InChI=1S/C22H36O4/c1-5-7-9-11-17(3)25-20-14-13-19(16-22(23)24)15-21(20)26-18(4)12-10-8-6-2/h13-15,17-18H,5-12,16H2,1-4H3,(H,23,24). The highest BCUT2D eigenvalue weighted by Crippen LogP contribution is 2.31. The molecule has 0 aliphatic rings. The van der Waals surface area contributed by atoms with Crippen LogP contribution in [0.1, 0.15) is 84.6 Å². The molecule has 0 heterocycles. The number of carboxylic acids is 1. The molecule has 0 saturated carbocycles. The first-order valence-corrected chi connectivity index (χ1v) is 10.1. The van der Waals surface area contributed by atoms with Crippen LogP contribution in [0.15, 0.2) is 18.2 Å². The van der Waals surface area contributed by atoms with Crippen LogP contribution in [0.3, 0.4) is 0 Å². The Morgan fingerprint density at radius 2 is 1.46 bits per heavy atom. The molecule has 2 unspecified atom stereocenters. The first-order chi connectivity index (χ1) is 12.5. The van der Waals surface area contributed by atoms with Crippen LogP contribution in [0.4, 0.5) is 0 Å². The zero-order valence-corrected chi connectivity index (χ0v) is 16.9. The molecule has 0 saturated heterocycles. The van der Waals surface area contributed by atoms with Crippen molar-refractivity contribution in [3.8, 4) is 11.5 Å². The summed E-state index contributed by atoms with van der Waals surface area (Å²) in [6.07, 6.45) is 9.27. The van der Waals surface area contributed by atoms with E-state index >= 15 is 0 Å². The van der Waals surface area contributed by atoms with Crippen molar-refractivity contribution in [3.05, 3.63) is 23.8 Å². The lowest BCUT2D eigenvalue weighted by atomic mass is 10.1. The predicted octanol–water partition coefficient (Wildman–Crippen LogP) is 6.01. The summed E-state index contributed by atoms with van der Waals surface area (Å²) >= 11 is 0. The van der Waals surface area contributed by atoms with Crippen LogP contribution in [-0.2, 0) is 11.2 Å². The molecule has 0 aliphatic heterocycles. The number of benzene rings is 1. The van der Waals surface area contributed by atoms with Gasteiger partial charge in [0.1, 0.15) is 0 Å². The highest BCUT2D eigenvalue weighted by Gasteiger charge is 2.14. The molecule has 0 aromatic heterocycles. The third kappa shape index (κ3) is 9.12. The van der Waals surface area contributed by atoms with Crippen molar-refractivity contribution in [2.24, 2.45) is 0 Å². The maximum atomic E-state index is 11.0. The Balaban J connectivity index is 2.80. The van der Waals surface area contributed by atoms with Gasteiger partial charge in [0, 0.05) is 0 Å². The van der Waals surface area contributed by atoms with Gasteiger partial charge in [-0.25, -0.2) is 0 Å². The van der Waals surface area contributed by atoms with E-state index in [4.69, 9.17) is 14.6 Å². The van der Waals surface area contributed by atoms with Crippen LogP contribution in [0, 0.1) is 0 Å². The van der Waals surface area contributed by atoms with Gasteiger partial charge in [0.05, 0.1) is 18.6 Å². The van der Waals surface area contributed by atoms with Crippen LogP contribution < -0.4 is 9.47 Å². The van der Waals surface area contributed by atoms with Gasteiger partial charge in [-0.15, -0.1) is 0 Å². The third-order valence-electron chi connectivity index (χ3n) is 4.45. The summed E-state index contributed by atoms with van der Waals surface area (Å²) in [5.74, 6) is 0.536. The fourth-order valence-corrected chi connectivity index (χ4v) is 2.94. The summed E-state index contributed by atoms with van der Waals surface area (Å²) in [4.78, 5) is 11.0. The number of aliphatic carboxylic acids is 1. The molecule has 26 heavy (non-hydrogen) atoms. The van der Waals surface area contributed by atoms with Gasteiger partial charge in [0.25, 0.3) is 0 Å². The molecule has 0 amide bonds. The van der Waals surface area contributed by atoms with Crippen molar-refractivity contribution < 1.29 is 19.4 Å². The molecule has 4 nitrogen and oxygen atoms in total. The summed E-state index contributed by atoms with van der Waals surface area (Å²) in [7, 11) is 0. The molecule has 0 spiro atoms. The van der Waals surface area contributed by atoms with E-state index in [-0.39, 0.29) is 18.6 Å². The molecular weight excluding hydrogens is 328 g/mol. The Kier molecular flexibility index (Phi) is 10.8. The van der Waals surface area contributed by atoms with Gasteiger partial charge < -0.3 is 14.6 Å². The van der Waals surface area contributed by atoms with Crippen LogP contribution in [-0.4, -0.2) is 23.3 Å². The van der Waals surface area contributed by atoms with Crippen LogP contribution in [0.2, 0.25) is 0 Å². The van der Waals surface area contributed by atoms with Crippen molar-refractivity contribution in [2.75, 3.05) is 0 Å². The molecule has 0 bridgehead atoms. The van der Waals surface area contributed by atoms with Gasteiger partial charge in [0.2, 0.25) is 0 Å². The summed E-state index contributed by atoms with van der Waals surface area (Å²) in [5, 5.41) is 9.05. The fourth-order valence-electron chi connectivity index (χ4n) is 2.94. The van der Waals surface area contributed by atoms with E-state index in [1.165, 1.54) is 25.7 Å². The normalized spacial score (nSPS) is 13.2. The van der Waals surface area contributed by atoms with Crippen molar-refractivity contribution >= 4 is 5.97 Å². The highest BCUT2D eigenvalue weighted by molar-refractivity contribution is 5.70. The first-order valence-electron chi connectivity index (χ1n) is 10.1. The summed E-state index contributed by atoms with van der Waals surface area (Å²) in [6, 6.07) is 5.48. The van der Waals surface area contributed by atoms with Crippen LogP contribution >= 0.6 is 0 Å². The Bertz CT molecular complexity index is 527. The molecule has 0 radical (unpaired) electrons. The Morgan fingerprint density at radius 3 is 1.96 bits per heavy atom. The molecule has 1 rings (SSSR count). The van der Waals surface area contributed by atoms with E-state index in [1.54, 1.807) is 0 Å². The predicted molar refractivity (Wildman–Crippen MR) is 106 cm³/mol. The molecule has 0 fully saturated rings. The van der Waals surface area contributed by atoms with E-state index < -0.39 is 5.97 Å². The minimum atomic E-state index is -0.839. The summed E-state index contributed by atoms with van der Waals surface area (Å²) in [6.45, 7) is 8.52. The maximum Gasteiger partial charge on any atom is 0.307 e. The van der Waals surface area contributed by atoms with E-state index in [1.807, 2.05) is 18.2 Å². The number of carboxylic acid groups (broad SMARTS) is 1. The average molecular weight is 365 g/mol. The molecule has 1 aromatic carbocycles. The van der Waals surface area contributed by atoms with Gasteiger partial charge in [-0.2, -0.15) is 0 Å². The zero-order chi connectivity index (χ0) is 19.4. The third-order valence-corrected chi connectivity index (χ3v) is 4.45. The minimum Gasteiger partial charge on any atom is -0.487 e. The molecular formula is C22H36O4. The lowest BCUT2D eigenvalue weighted by molar-refractivity contribution is -0.136. The van der Waals surface area contributed by atoms with Gasteiger partial charge in [-0.3, -0.25) is 4.79 Å². The van der Waals surface area contributed by atoms with Crippen molar-refractivity contribution in [2.45, 2.75) is 97.7 Å². The molecule has 1 N–H and O–H groups in total. The van der Waals surface area contributed by atoms with Gasteiger partial charge in [-0.05, 0) is 57.2 Å². The van der Waals surface area contributed by atoms with E-state index in [0.717, 1.165) is 31.2 Å². The van der Waals surface area contributed by atoms with Crippen molar-refractivity contribution in [1.82, 2.24) is 0 Å². The van der Waals surface area contributed by atoms with E-state index in [0.29, 0.717) is 11.5 Å². The fraction of sp³-hybridized carbons (Fsp3) is 0.682. The number of unbranched alkanes of at least 4 members (excludes halogenated alkanes) is 4. The molecule has 148 valence electrons. The number of hydrogen-bond acceptors (Lipinski definition) is 3. The minimum absolute atomic E-state index is 0.00703. The largest absolute Gasteiger partial charge is 0.487 e. The maximum absolute atomic E-state index is 11.0. The highest BCUT2D eigenvalue weighted by atomic mass is 16.5. The Morgan fingerprint density at radius 1 is 0.923 bits per heavy atom. The van der Waals surface area contributed by atoms with Crippen molar-refractivity contribution in [3.63, 3.8) is 0 Å². The second kappa shape index (κ2) is 12.6. The quantitative estimate of drug-likeness (QED) is 0.411. The van der Waals surface area contributed by atoms with Crippen molar-refractivity contribution in [1.29, 1.82) is 0 Å². The SMILES string of the molecule is CCCCCC(C)Oc1ccc(CC(=O)O)cc1OC(C)CCCCC. The topological polar surface area (TPSA) is 55.8 Å². The van der Waals surface area contributed by atoms with Gasteiger partial charge in [0.15, 0.2) is 11.5 Å². The monoisotopic (exact) mass is 364 g/mol. The molecule has 2 atom stereocenters. The number of ether oxygens (including phenoxy) is 2. The second-order valence-corrected chi connectivity index (χ2v) is 7.20. The Labute approximate surface area is 158 Å². The van der Waals surface area contributed by atoms with Crippen LogP contribution in [0.25, 0.3) is 0 Å². The van der Waals surface area contributed by atoms with E-state index in [9.17, 15) is 4.79 Å². The van der Waals surface area contributed by atoms with Crippen LogP contribution in [0.5, 0.6) is 11.5 Å². The number of hydrogen-bond donors (Lipinski definition) is 1. The van der Waals surface area contributed by atoms with Gasteiger partial charge >= 0.3 is 5.97 Å². The summed E-state index contributed by atoms with van der Waals surface area (Å²) < 4.78 is 12.2. The number of carbonyl (C=O) groups is 1.